The minimum Gasteiger partial charge on any atom is -0.371 e. The molecule has 3 rings (SSSR count). The van der Waals surface area contributed by atoms with Crippen molar-refractivity contribution in [1.82, 2.24) is 4.90 Å². The van der Waals surface area contributed by atoms with Crippen molar-refractivity contribution >= 4 is 11.6 Å². The van der Waals surface area contributed by atoms with Gasteiger partial charge in [-0.2, -0.15) is 0 Å². The van der Waals surface area contributed by atoms with Crippen LogP contribution in [0.1, 0.15) is 37.7 Å². The third-order valence-corrected chi connectivity index (χ3v) is 4.84. The minimum absolute atomic E-state index is 0.0266. The summed E-state index contributed by atoms with van der Waals surface area (Å²) in [4.78, 5) is 24.8. The Morgan fingerprint density at radius 2 is 2.09 bits per heavy atom. The Hall–Kier alpha value is -1.95. The molecule has 0 unspecified atom stereocenters. The first-order valence-electron chi connectivity index (χ1n) is 8.23. The molecule has 1 aliphatic heterocycles. The molecule has 1 spiro atoms. The third-order valence-electron chi connectivity index (χ3n) is 4.84. The van der Waals surface area contributed by atoms with E-state index in [2.05, 4.69) is 0 Å². The van der Waals surface area contributed by atoms with Gasteiger partial charge in [0.15, 0.2) is 0 Å². The number of morpholine rings is 1. The molecule has 1 aromatic carbocycles. The van der Waals surface area contributed by atoms with Gasteiger partial charge in [0.1, 0.15) is 0 Å². The average Bonchev–Trinajstić information content (AvgIpc) is 2.56. The summed E-state index contributed by atoms with van der Waals surface area (Å²) in [6.07, 6.45) is 5.81. The second kappa shape index (κ2) is 6.66. The van der Waals surface area contributed by atoms with Crippen LogP contribution >= 0.6 is 0 Å². The van der Waals surface area contributed by atoms with Gasteiger partial charge in [-0.3, -0.25) is 14.9 Å². The highest BCUT2D eigenvalue weighted by molar-refractivity contribution is 5.79. The van der Waals surface area contributed by atoms with Crippen LogP contribution in [0.5, 0.6) is 0 Å². The number of hydrogen-bond donors (Lipinski definition) is 0. The molecule has 0 radical (unpaired) electrons. The number of hydrogen-bond acceptors (Lipinski definition) is 4. The van der Waals surface area contributed by atoms with Gasteiger partial charge in [-0.15, -0.1) is 0 Å². The molecule has 6 nitrogen and oxygen atoms in total. The highest BCUT2D eigenvalue weighted by Gasteiger charge is 2.39. The van der Waals surface area contributed by atoms with E-state index in [0.29, 0.717) is 25.3 Å². The topological polar surface area (TPSA) is 72.7 Å². The zero-order chi connectivity index (χ0) is 16.3. The maximum absolute atomic E-state index is 12.6. The number of ether oxygens (including phenoxy) is 1. The van der Waals surface area contributed by atoms with Crippen molar-refractivity contribution in [2.75, 3.05) is 19.7 Å². The van der Waals surface area contributed by atoms with Crippen LogP contribution in [0.15, 0.2) is 24.3 Å². The van der Waals surface area contributed by atoms with Crippen LogP contribution in [-0.2, 0) is 16.0 Å². The summed E-state index contributed by atoms with van der Waals surface area (Å²) in [5, 5.41) is 10.8. The second-order valence-electron chi connectivity index (χ2n) is 6.51. The summed E-state index contributed by atoms with van der Waals surface area (Å²) >= 11 is 0. The quantitative estimate of drug-likeness (QED) is 0.634. The van der Waals surface area contributed by atoms with Crippen molar-refractivity contribution in [1.29, 1.82) is 0 Å². The molecule has 23 heavy (non-hydrogen) atoms. The number of non-ortho nitro benzene ring substituents is 1. The molecule has 0 aromatic heterocycles. The van der Waals surface area contributed by atoms with Crippen LogP contribution in [-0.4, -0.2) is 41.0 Å². The summed E-state index contributed by atoms with van der Waals surface area (Å²) < 4.78 is 6.00. The number of amides is 1. The van der Waals surface area contributed by atoms with E-state index in [-0.39, 0.29) is 23.6 Å². The zero-order valence-electron chi connectivity index (χ0n) is 13.2. The lowest BCUT2D eigenvalue weighted by atomic mass is 9.83. The summed E-state index contributed by atoms with van der Waals surface area (Å²) in [6.45, 7) is 1.84. The third kappa shape index (κ3) is 3.69. The van der Waals surface area contributed by atoms with Crippen molar-refractivity contribution in [3.05, 3.63) is 39.9 Å². The van der Waals surface area contributed by atoms with Crippen molar-refractivity contribution in [3.63, 3.8) is 0 Å². The van der Waals surface area contributed by atoms with Gasteiger partial charge >= 0.3 is 0 Å². The lowest BCUT2D eigenvalue weighted by Gasteiger charge is -2.45. The number of nitrogens with zero attached hydrogens (tertiary/aromatic N) is 2. The summed E-state index contributed by atoms with van der Waals surface area (Å²) in [5.74, 6) is 0.0266. The van der Waals surface area contributed by atoms with E-state index in [1.165, 1.54) is 18.6 Å². The van der Waals surface area contributed by atoms with E-state index < -0.39 is 4.92 Å². The van der Waals surface area contributed by atoms with E-state index in [4.69, 9.17) is 4.74 Å². The molecule has 1 saturated carbocycles. The van der Waals surface area contributed by atoms with Gasteiger partial charge in [0, 0.05) is 25.2 Å². The number of benzene rings is 1. The van der Waals surface area contributed by atoms with Crippen molar-refractivity contribution < 1.29 is 14.5 Å². The van der Waals surface area contributed by atoms with Gasteiger partial charge in [-0.25, -0.2) is 0 Å². The van der Waals surface area contributed by atoms with Gasteiger partial charge in [0.2, 0.25) is 5.91 Å². The van der Waals surface area contributed by atoms with E-state index in [0.717, 1.165) is 25.7 Å². The van der Waals surface area contributed by atoms with Gasteiger partial charge in [0.25, 0.3) is 5.69 Å². The SMILES string of the molecule is O=C(Cc1cccc([N+](=O)[O-])c1)N1CCOC2(CCCCC2)C1. The molecule has 1 aliphatic carbocycles. The number of carbonyl (C=O) groups excluding carboxylic acids is 1. The summed E-state index contributed by atoms with van der Waals surface area (Å²) in [5.41, 5.74) is 0.559. The monoisotopic (exact) mass is 318 g/mol. The van der Waals surface area contributed by atoms with Gasteiger partial charge in [-0.05, 0) is 18.4 Å². The first-order chi connectivity index (χ1) is 11.1. The van der Waals surface area contributed by atoms with Crippen LogP contribution in [0.4, 0.5) is 5.69 Å². The van der Waals surface area contributed by atoms with E-state index in [1.54, 1.807) is 12.1 Å². The zero-order valence-corrected chi connectivity index (χ0v) is 13.2. The Morgan fingerprint density at radius 3 is 2.83 bits per heavy atom. The van der Waals surface area contributed by atoms with E-state index in [9.17, 15) is 14.9 Å². The normalized spacial score (nSPS) is 20.4. The van der Waals surface area contributed by atoms with Crippen LogP contribution in [0.3, 0.4) is 0 Å². The predicted molar refractivity (Wildman–Crippen MR) is 85.1 cm³/mol. The molecule has 0 bridgehead atoms. The fourth-order valence-electron chi connectivity index (χ4n) is 3.62. The fourth-order valence-corrected chi connectivity index (χ4v) is 3.62. The standard InChI is InChI=1S/C17H22N2O4/c20-16(12-14-5-4-6-15(11-14)19(21)22)18-9-10-23-17(13-18)7-2-1-3-8-17/h4-6,11H,1-3,7-10,12-13H2. The molecule has 2 aliphatic rings. The van der Waals surface area contributed by atoms with Crippen LogP contribution < -0.4 is 0 Å². The first kappa shape index (κ1) is 15.9. The molecule has 0 N–H and O–H groups in total. The highest BCUT2D eigenvalue weighted by Crippen LogP contribution is 2.34. The molecule has 1 saturated heterocycles. The molecular formula is C17H22N2O4. The summed E-state index contributed by atoms with van der Waals surface area (Å²) in [6, 6.07) is 6.32. The van der Waals surface area contributed by atoms with E-state index in [1.807, 2.05) is 4.90 Å². The molecule has 6 heteroatoms. The van der Waals surface area contributed by atoms with Gasteiger partial charge in [-0.1, -0.05) is 31.4 Å². The lowest BCUT2D eigenvalue weighted by Crippen LogP contribution is -2.54. The Balaban J connectivity index is 1.65. The maximum atomic E-state index is 12.6. The van der Waals surface area contributed by atoms with Crippen LogP contribution in [0.2, 0.25) is 0 Å². The Bertz CT molecular complexity index is 591. The Morgan fingerprint density at radius 1 is 1.30 bits per heavy atom. The number of carbonyl (C=O) groups is 1. The second-order valence-corrected chi connectivity index (χ2v) is 6.51. The first-order valence-corrected chi connectivity index (χ1v) is 8.23. The minimum atomic E-state index is -0.431. The van der Waals surface area contributed by atoms with Crippen molar-refractivity contribution in [2.24, 2.45) is 0 Å². The van der Waals surface area contributed by atoms with Crippen molar-refractivity contribution in [3.8, 4) is 0 Å². The molecule has 1 heterocycles. The molecular weight excluding hydrogens is 296 g/mol. The maximum Gasteiger partial charge on any atom is 0.269 e. The molecule has 0 atom stereocenters. The Labute approximate surface area is 135 Å². The van der Waals surface area contributed by atoms with Gasteiger partial charge < -0.3 is 9.64 Å². The predicted octanol–water partition coefficient (Wildman–Crippen LogP) is 2.70. The summed E-state index contributed by atoms with van der Waals surface area (Å²) in [7, 11) is 0. The number of nitro benzene ring substituents is 1. The van der Waals surface area contributed by atoms with E-state index >= 15 is 0 Å². The highest BCUT2D eigenvalue weighted by atomic mass is 16.6. The molecule has 2 fully saturated rings. The Kier molecular flexibility index (Phi) is 4.61. The largest absolute Gasteiger partial charge is 0.371 e. The molecule has 1 amide bonds. The smallest absolute Gasteiger partial charge is 0.269 e. The number of nitro groups is 1. The van der Waals surface area contributed by atoms with Crippen molar-refractivity contribution in [2.45, 2.75) is 44.1 Å². The lowest BCUT2D eigenvalue weighted by molar-refractivity contribution is -0.384. The van der Waals surface area contributed by atoms with Crippen LogP contribution in [0.25, 0.3) is 0 Å². The fraction of sp³-hybridized carbons (Fsp3) is 0.588. The van der Waals surface area contributed by atoms with Crippen LogP contribution in [0, 0.1) is 10.1 Å². The molecule has 124 valence electrons. The van der Waals surface area contributed by atoms with Gasteiger partial charge in [0.05, 0.1) is 23.6 Å². The molecule has 1 aromatic rings. The average molecular weight is 318 g/mol. The number of rotatable bonds is 3.